The number of unbranched alkanes of at least 4 members (excludes halogenated alkanes) is 9. The molecule has 6 heteroatoms. The molecule has 1 aliphatic heterocycles. The lowest BCUT2D eigenvalue weighted by Crippen LogP contribution is -2.40. The van der Waals surface area contributed by atoms with E-state index in [1.807, 2.05) is 31.2 Å². The Morgan fingerprint density at radius 1 is 0.750 bits per heavy atom. The Labute approximate surface area is 218 Å². The van der Waals surface area contributed by atoms with Gasteiger partial charge in [-0.15, -0.1) is 0 Å². The molecular formula is C30H48O6. The lowest BCUT2D eigenvalue weighted by atomic mass is 9.97. The second-order valence-electron chi connectivity index (χ2n) is 10.6. The van der Waals surface area contributed by atoms with Gasteiger partial charge in [-0.05, 0) is 41.0 Å². The Kier molecular flexibility index (Phi) is 12.9. The molecule has 36 heavy (non-hydrogen) atoms. The summed E-state index contributed by atoms with van der Waals surface area (Å²) in [6.07, 6.45) is 9.64. The van der Waals surface area contributed by atoms with Gasteiger partial charge in [0.25, 0.3) is 0 Å². The Morgan fingerprint density at radius 3 is 1.58 bits per heavy atom. The van der Waals surface area contributed by atoms with Crippen molar-refractivity contribution in [1.29, 1.82) is 0 Å². The molecule has 1 heterocycles. The molecule has 1 saturated heterocycles. The van der Waals surface area contributed by atoms with Gasteiger partial charge in [-0.2, -0.15) is 0 Å². The van der Waals surface area contributed by atoms with E-state index in [2.05, 4.69) is 6.92 Å². The van der Waals surface area contributed by atoms with Crippen molar-refractivity contribution in [3.63, 3.8) is 0 Å². The SMILES string of the molecule is CCCCCCCCCCCCC1(c2ccc(C)cc2)OC(C(=O)OC(C)C)C(C(=O)OC(C)C)O1. The number of esters is 2. The number of ether oxygens (including phenoxy) is 4. The fourth-order valence-corrected chi connectivity index (χ4v) is 4.55. The van der Waals surface area contributed by atoms with Gasteiger partial charge in [-0.3, -0.25) is 0 Å². The highest BCUT2D eigenvalue weighted by atomic mass is 16.8. The third kappa shape index (κ3) is 9.51. The average Bonchev–Trinajstić information content (AvgIpc) is 3.21. The smallest absolute Gasteiger partial charge is 0.339 e. The molecule has 0 aliphatic carbocycles. The number of hydrogen-bond acceptors (Lipinski definition) is 6. The second kappa shape index (κ2) is 15.4. The molecule has 2 atom stereocenters. The normalized spacial score (nSPS) is 21.8. The molecule has 1 fully saturated rings. The quantitative estimate of drug-likeness (QED) is 0.176. The predicted octanol–water partition coefficient (Wildman–Crippen LogP) is 7.15. The molecule has 1 aliphatic rings. The molecule has 0 radical (unpaired) electrons. The van der Waals surface area contributed by atoms with Gasteiger partial charge in [0.1, 0.15) is 0 Å². The number of hydrogen-bond donors (Lipinski definition) is 0. The average molecular weight is 505 g/mol. The van der Waals surface area contributed by atoms with Crippen LogP contribution in [-0.2, 0) is 34.3 Å². The van der Waals surface area contributed by atoms with E-state index >= 15 is 0 Å². The zero-order valence-electron chi connectivity index (χ0n) is 23.3. The van der Waals surface area contributed by atoms with Crippen LogP contribution < -0.4 is 0 Å². The third-order valence-corrected chi connectivity index (χ3v) is 6.43. The third-order valence-electron chi connectivity index (χ3n) is 6.43. The molecule has 0 bridgehead atoms. The van der Waals surface area contributed by atoms with Crippen molar-refractivity contribution >= 4 is 11.9 Å². The van der Waals surface area contributed by atoms with Crippen LogP contribution in [0.3, 0.4) is 0 Å². The summed E-state index contributed by atoms with van der Waals surface area (Å²) in [5.41, 5.74) is 1.91. The van der Waals surface area contributed by atoms with Crippen molar-refractivity contribution in [1.82, 2.24) is 0 Å². The summed E-state index contributed by atoms with van der Waals surface area (Å²) in [6.45, 7) is 11.3. The van der Waals surface area contributed by atoms with Gasteiger partial charge < -0.3 is 18.9 Å². The van der Waals surface area contributed by atoms with Crippen LogP contribution in [-0.4, -0.2) is 36.4 Å². The Balaban J connectivity index is 2.11. The van der Waals surface area contributed by atoms with Crippen molar-refractivity contribution in [2.24, 2.45) is 0 Å². The van der Waals surface area contributed by atoms with Gasteiger partial charge in [0.2, 0.25) is 0 Å². The second-order valence-corrected chi connectivity index (χ2v) is 10.6. The summed E-state index contributed by atoms with van der Waals surface area (Å²) in [5.74, 6) is -2.41. The fraction of sp³-hybridized carbons (Fsp3) is 0.733. The van der Waals surface area contributed by atoms with Gasteiger partial charge in [-0.25, -0.2) is 9.59 Å². The number of aryl methyl sites for hydroxylation is 1. The molecule has 6 nitrogen and oxygen atoms in total. The van der Waals surface area contributed by atoms with Crippen LogP contribution in [0.2, 0.25) is 0 Å². The molecule has 0 saturated carbocycles. The minimum atomic E-state index is -1.20. The van der Waals surface area contributed by atoms with E-state index in [1.54, 1.807) is 27.7 Å². The van der Waals surface area contributed by atoms with E-state index in [4.69, 9.17) is 18.9 Å². The zero-order valence-corrected chi connectivity index (χ0v) is 23.3. The first-order valence-electron chi connectivity index (χ1n) is 14.0. The van der Waals surface area contributed by atoms with E-state index < -0.39 is 29.9 Å². The highest BCUT2D eigenvalue weighted by Crippen LogP contribution is 2.43. The first-order chi connectivity index (χ1) is 17.2. The van der Waals surface area contributed by atoms with Crippen molar-refractivity contribution in [2.75, 3.05) is 0 Å². The summed E-state index contributed by atoms with van der Waals surface area (Å²) < 4.78 is 23.5. The summed E-state index contributed by atoms with van der Waals surface area (Å²) >= 11 is 0. The molecule has 0 spiro atoms. The van der Waals surface area contributed by atoms with E-state index in [9.17, 15) is 9.59 Å². The van der Waals surface area contributed by atoms with Gasteiger partial charge >= 0.3 is 11.9 Å². The Morgan fingerprint density at radius 2 is 1.17 bits per heavy atom. The van der Waals surface area contributed by atoms with Crippen LogP contribution in [0.1, 0.15) is 116 Å². The Bertz CT molecular complexity index is 755. The molecular weight excluding hydrogens is 456 g/mol. The number of carbonyl (C=O) groups excluding carboxylic acids is 2. The minimum absolute atomic E-state index is 0.334. The minimum Gasteiger partial charge on any atom is -0.461 e. The highest BCUT2D eigenvalue weighted by Gasteiger charge is 2.55. The van der Waals surface area contributed by atoms with E-state index in [-0.39, 0.29) is 12.2 Å². The van der Waals surface area contributed by atoms with Crippen LogP contribution in [0.4, 0.5) is 0 Å². The first-order valence-corrected chi connectivity index (χ1v) is 14.0. The molecule has 1 aromatic rings. The zero-order chi connectivity index (χ0) is 26.6. The molecule has 2 rings (SSSR count). The molecule has 1 aromatic carbocycles. The van der Waals surface area contributed by atoms with Crippen LogP contribution in [0.5, 0.6) is 0 Å². The molecule has 204 valence electrons. The van der Waals surface area contributed by atoms with Crippen molar-refractivity contribution in [3.05, 3.63) is 35.4 Å². The Hall–Kier alpha value is -1.92. The maximum atomic E-state index is 12.9. The highest BCUT2D eigenvalue weighted by molar-refractivity contribution is 5.86. The molecule has 2 unspecified atom stereocenters. The number of benzene rings is 1. The topological polar surface area (TPSA) is 71.1 Å². The van der Waals surface area contributed by atoms with E-state index in [1.165, 1.54) is 44.9 Å². The van der Waals surface area contributed by atoms with Gasteiger partial charge in [0.15, 0.2) is 18.0 Å². The monoisotopic (exact) mass is 504 g/mol. The lowest BCUT2D eigenvalue weighted by Gasteiger charge is -2.29. The van der Waals surface area contributed by atoms with Crippen LogP contribution >= 0.6 is 0 Å². The van der Waals surface area contributed by atoms with Gasteiger partial charge in [0.05, 0.1) is 12.2 Å². The van der Waals surface area contributed by atoms with Gasteiger partial charge in [0, 0.05) is 12.0 Å². The summed E-state index contributed by atoms with van der Waals surface area (Å²) in [7, 11) is 0. The van der Waals surface area contributed by atoms with Crippen LogP contribution in [0.15, 0.2) is 24.3 Å². The standard InChI is InChI=1S/C30H48O6/c1-7-8-9-10-11-12-13-14-15-16-21-30(25-19-17-24(6)18-20-25)35-26(28(31)33-22(2)3)27(36-30)29(32)34-23(4)5/h17-20,22-23,26-27H,7-16,21H2,1-6H3. The largest absolute Gasteiger partial charge is 0.461 e. The summed E-state index contributed by atoms with van der Waals surface area (Å²) in [6, 6.07) is 7.88. The molecule has 0 amide bonds. The lowest BCUT2D eigenvalue weighted by molar-refractivity contribution is -0.202. The predicted molar refractivity (Wildman–Crippen MR) is 142 cm³/mol. The summed E-state index contributed by atoms with van der Waals surface area (Å²) in [4.78, 5) is 25.9. The van der Waals surface area contributed by atoms with E-state index in [0.717, 1.165) is 30.4 Å². The fourth-order valence-electron chi connectivity index (χ4n) is 4.55. The summed E-state index contributed by atoms with van der Waals surface area (Å²) in [5, 5.41) is 0. The van der Waals surface area contributed by atoms with Crippen molar-refractivity contribution in [3.8, 4) is 0 Å². The molecule has 0 aromatic heterocycles. The van der Waals surface area contributed by atoms with Gasteiger partial charge in [-0.1, -0.05) is 94.5 Å². The maximum Gasteiger partial charge on any atom is 0.339 e. The first kappa shape index (κ1) is 30.3. The number of rotatable bonds is 16. The van der Waals surface area contributed by atoms with Crippen LogP contribution in [0.25, 0.3) is 0 Å². The van der Waals surface area contributed by atoms with Crippen molar-refractivity contribution < 1.29 is 28.5 Å². The molecule has 0 N–H and O–H groups in total. The number of carbonyl (C=O) groups is 2. The van der Waals surface area contributed by atoms with Crippen molar-refractivity contribution in [2.45, 2.75) is 142 Å². The van der Waals surface area contributed by atoms with Crippen LogP contribution in [0, 0.1) is 6.92 Å². The maximum absolute atomic E-state index is 12.9. The van der Waals surface area contributed by atoms with E-state index in [0.29, 0.717) is 6.42 Å².